The van der Waals surface area contributed by atoms with E-state index in [1.54, 1.807) is 12.1 Å². The van der Waals surface area contributed by atoms with Crippen LogP contribution in [-0.4, -0.2) is 68.1 Å². The molecule has 0 saturated carbocycles. The maximum Gasteiger partial charge on any atom is 0.176 e. The molecule has 2 N–H and O–H groups in total. The number of rotatable bonds is 6. The Morgan fingerprint density at radius 2 is 1.11 bits per heavy atom. The van der Waals surface area contributed by atoms with Crippen molar-refractivity contribution in [2.75, 3.05) is 41.3 Å². The number of benzene rings is 2. The van der Waals surface area contributed by atoms with E-state index in [1.165, 1.54) is 0 Å². The highest BCUT2D eigenvalue weighted by atomic mass is 35.5. The van der Waals surface area contributed by atoms with Gasteiger partial charge in [-0.3, -0.25) is 9.59 Å². The monoisotopic (exact) mass is 428 g/mol. The first-order valence-electron chi connectivity index (χ1n) is 8.17. The number of ketones is 2. The summed E-state index contributed by atoms with van der Waals surface area (Å²) in [6.07, 6.45) is 0. The molecule has 0 aliphatic carbocycles. The number of carbonyl (C=O) groups excluding carboxylic acids is 2. The Morgan fingerprint density at radius 3 is 1.43 bits per heavy atom. The van der Waals surface area contributed by atoms with Crippen LogP contribution in [0, 0.1) is 0 Å². The largest absolute Gasteiger partial charge is 0.456 e. The SMILES string of the molecule is CN(C)CC(=O)c1ccc2oc3ccc(C(=O)CN(C)C)cc3c2c1.Cl.Cl.O. The smallest absolute Gasteiger partial charge is 0.176 e. The van der Waals surface area contributed by atoms with Gasteiger partial charge in [-0.25, -0.2) is 0 Å². The predicted octanol–water partition coefficient (Wildman–Crippen LogP) is 3.09. The molecular formula is C20H26Cl2N2O4. The maximum atomic E-state index is 12.3. The fraction of sp³-hybridized carbons (Fsp3) is 0.300. The summed E-state index contributed by atoms with van der Waals surface area (Å²) < 4.78 is 5.84. The second-order valence-electron chi connectivity index (χ2n) is 6.85. The van der Waals surface area contributed by atoms with Gasteiger partial charge in [-0.2, -0.15) is 0 Å². The lowest BCUT2D eigenvalue weighted by molar-refractivity contribution is 0.0949. The third-order valence-corrected chi connectivity index (χ3v) is 4.03. The van der Waals surface area contributed by atoms with E-state index in [0.29, 0.717) is 35.4 Å². The van der Waals surface area contributed by atoms with Crippen LogP contribution in [0.15, 0.2) is 40.8 Å². The molecule has 8 heteroatoms. The fourth-order valence-corrected chi connectivity index (χ4v) is 2.88. The minimum atomic E-state index is 0. The first-order chi connectivity index (χ1) is 11.8. The molecule has 0 fully saturated rings. The van der Waals surface area contributed by atoms with Crippen molar-refractivity contribution in [1.82, 2.24) is 9.80 Å². The van der Waals surface area contributed by atoms with Crippen molar-refractivity contribution in [1.29, 1.82) is 0 Å². The second-order valence-corrected chi connectivity index (χ2v) is 6.85. The standard InChI is InChI=1S/C20H22N2O3.2ClH.H2O/c1-21(2)11-17(23)13-5-7-19-15(9-13)16-10-14(6-8-20(16)25-19)18(24)12-22(3)4;;;/h5-10H,11-12H2,1-4H3;2*1H;1H2. The first-order valence-corrected chi connectivity index (χ1v) is 8.17. The Bertz CT molecular complexity index is 891. The Kier molecular flexibility index (Phi) is 9.81. The Morgan fingerprint density at radius 1 is 0.750 bits per heavy atom. The fourth-order valence-electron chi connectivity index (χ4n) is 2.88. The summed E-state index contributed by atoms with van der Waals surface area (Å²) in [5.74, 6) is 0.113. The molecule has 6 nitrogen and oxygen atoms in total. The van der Waals surface area contributed by atoms with E-state index in [0.717, 1.165) is 10.8 Å². The zero-order valence-electron chi connectivity index (χ0n) is 16.3. The third-order valence-electron chi connectivity index (χ3n) is 4.03. The number of hydrogen-bond acceptors (Lipinski definition) is 5. The summed E-state index contributed by atoms with van der Waals surface area (Å²) >= 11 is 0. The minimum Gasteiger partial charge on any atom is -0.456 e. The van der Waals surface area contributed by atoms with Gasteiger partial charge in [0, 0.05) is 21.9 Å². The molecule has 0 saturated heterocycles. The first kappa shape index (κ1) is 26.0. The molecule has 0 amide bonds. The average Bonchev–Trinajstić information content (AvgIpc) is 2.90. The number of nitrogens with zero attached hydrogens (tertiary/aromatic N) is 2. The van der Waals surface area contributed by atoms with E-state index in [1.807, 2.05) is 62.3 Å². The van der Waals surface area contributed by atoms with Crippen molar-refractivity contribution >= 4 is 58.3 Å². The summed E-state index contributed by atoms with van der Waals surface area (Å²) in [4.78, 5) is 28.3. The quantitative estimate of drug-likeness (QED) is 0.563. The van der Waals surface area contributed by atoms with Crippen molar-refractivity contribution < 1.29 is 19.5 Å². The van der Waals surface area contributed by atoms with Crippen molar-refractivity contribution in [2.24, 2.45) is 0 Å². The van der Waals surface area contributed by atoms with Crippen molar-refractivity contribution in [3.05, 3.63) is 47.5 Å². The zero-order chi connectivity index (χ0) is 18.1. The molecule has 154 valence electrons. The number of carbonyl (C=O) groups is 2. The van der Waals surface area contributed by atoms with Gasteiger partial charge in [-0.05, 0) is 64.6 Å². The van der Waals surface area contributed by atoms with E-state index >= 15 is 0 Å². The van der Waals surface area contributed by atoms with Crippen molar-refractivity contribution in [2.45, 2.75) is 0 Å². The van der Waals surface area contributed by atoms with Gasteiger partial charge in [0.2, 0.25) is 0 Å². The predicted molar refractivity (Wildman–Crippen MR) is 118 cm³/mol. The van der Waals surface area contributed by atoms with Crippen LogP contribution < -0.4 is 0 Å². The van der Waals surface area contributed by atoms with Crippen LogP contribution in [0.5, 0.6) is 0 Å². The molecule has 0 aliphatic heterocycles. The molecule has 0 aliphatic rings. The number of hydrogen-bond donors (Lipinski definition) is 0. The van der Waals surface area contributed by atoms with Crippen LogP contribution in [0.4, 0.5) is 0 Å². The number of likely N-dealkylation sites (N-methyl/N-ethyl adjacent to an activating group) is 2. The average molecular weight is 429 g/mol. The molecular weight excluding hydrogens is 403 g/mol. The van der Waals surface area contributed by atoms with Crippen LogP contribution in [0.1, 0.15) is 20.7 Å². The van der Waals surface area contributed by atoms with Gasteiger partial charge in [0.25, 0.3) is 0 Å². The van der Waals surface area contributed by atoms with Gasteiger partial charge >= 0.3 is 0 Å². The molecule has 1 heterocycles. The number of fused-ring (bicyclic) bond motifs is 3. The van der Waals surface area contributed by atoms with Gasteiger partial charge in [-0.15, -0.1) is 24.8 Å². The molecule has 3 aromatic rings. The van der Waals surface area contributed by atoms with E-state index in [2.05, 4.69) is 0 Å². The lowest BCUT2D eigenvalue weighted by Gasteiger charge is -2.08. The number of halogens is 2. The molecule has 0 spiro atoms. The maximum absolute atomic E-state index is 12.3. The van der Waals surface area contributed by atoms with Gasteiger partial charge in [0.05, 0.1) is 13.1 Å². The Hall–Kier alpha value is -1.96. The molecule has 28 heavy (non-hydrogen) atoms. The van der Waals surface area contributed by atoms with Crippen LogP contribution in [0.25, 0.3) is 21.9 Å². The lowest BCUT2D eigenvalue weighted by atomic mass is 10.0. The van der Waals surface area contributed by atoms with E-state index in [4.69, 9.17) is 4.42 Å². The van der Waals surface area contributed by atoms with E-state index in [-0.39, 0.29) is 41.9 Å². The molecule has 1 aromatic heterocycles. The van der Waals surface area contributed by atoms with Crippen LogP contribution in [-0.2, 0) is 0 Å². The van der Waals surface area contributed by atoms with Crippen molar-refractivity contribution in [3.8, 4) is 0 Å². The highest BCUT2D eigenvalue weighted by Crippen LogP contribution is 2.30. The van der Waals surface area contributed by atoms with Crippen LogP contribution in [0.3, 0.4) is 0 Å². The zero-order valence-corrected chi connectivity index (χ0v) is 17.9. The highest BCUT2D eigenvalue weighted by molar-refractivity contribution is 6.11. The molecule has 0 bridgehead atoms. The Balaban J connectivity index is 0.00000243. The lowest BCUT2D eigenvalue weighted by Crippen LogP contribution is -2.21. The van der Waals surface area contributed by atoms with Crippen LogP contribution >= 0.6 is 24.8 Å². The normalized spacial score (nSPS) is 10.5. The number of furan rings is 1. The summed E-state index contributed by atoms with van der Waals surface area (Å²) in [6.45, 7) is 0.710. The molecule has 0 radical (unpaired) electrons. The van der Waals surface area contributed by atoms with Gasteiger partial charge in [0.15, 0.2) is 11.6 Å². The summed E-state index contributed by atoms with van der Waals surface area (Å²) in [5.41, 5.74) is 2.73. The van der Waals surface area contributed by atoms with Crippen molar-refractivity contribution in [3.63, 3.8) is 0 Å². The van der Waals surface area contributed by atoms with E-state index < -0.39 is 0 Å². The molecule has 0 atom stereocenters. The highest BCUT2D eigenvalue weighted by Gasteiger charge is 2.14. The minimum absolute atomic E-state index is 0. The summed E-state index contributed by atoms with van der Waals surface area (Å²) in [6, 6.07) is 10.9. The Labute approximate surface area is 176 Å². The van der Waals surface area contributed by atoms with Gasteiger partial charge in [0.1, 0.15) is 11.2 Å². The van der Waals surface area contributed by atoms with Gasteiger partial charge in [-0.1, -0.05) is 0 Å². The molecule has 3 rings (SSSR count). The van der Waals surface area contributed by atoms with Gasteiger partial charge < -0.3 is 19.7 Å². The van der Waals surface area contributed by atoms with E-state index in [9.17, 15) is 9.59 Å². The number of Topliss-reactive ketones (excluding diaryl/α,β-unsaturated/α-hetero) is 2. The molecule has 0 unspecified atom stereocenters. The summed E-state index contributed by atoms with van der Waals surface area (Å²) in [5, 5.41) is 1.72. The molecule has 2 aromatic carbocycles. The topological polar surface area (TPSA) is 85.3 Å². The summed E-state index contributed by atoms with van der Waals surface area (Å²) in [7, 11) is 7.47. The second kappa shape index (κ2) is 10.5. The van der Waals surface area contributed by atoms with Crippen LogP contribution in [0.2, 0.25) is 0 Å². The third kappa shape index (κ3) is 5.53.